The van der Waals surface area contributed by atoms with Crippen LogP contribution in [-0.2, 0) is 6.42 Å². The van der Waals surface area contributed by atoms with Gasteiger partial charge in [0.15, 0.2) is 0 Å². The first-order valence-corrected chi connectivity index (χ1v) is 13.4. The van der Waals surface area contributed by atoms with E-state index in [1.165, 1.54) is 54.5 Å². The Balaban J connectivity index is 0. The SMILES string of the molecule is CC.CC.CCCCCCCc1ccc(C(C)=N)cc1.Cc1ccc(SC(C)S)cc1. The Morgan fingerprint density at radius 3 is 1.84 bits per heavy atom. The Hall–Kier alpha value is -1.19. The molecule has 1 atom stereocenters. The highest BCUT2D eigenvalue weighted by Gasteiger charge is 1.97. The molecule has 1 N–H and O–H groups in total. The summed E-state index contributed by atoms with van der Waals surface area (Å²) in [6.07, 6.45) is 7.87. The second-order valence-corrected chi connectivity index (χ2v) is 9.55. The van der Waals surface area contributed by atoms with Gasteiger partial charge in [0.2, 0.25) is 0 Å². The van der Waals surface area contributed by atoms with E-state index >= 15 is 0 Å². The summed E-state index contributed by atoms with van der Waals surface area (Å²) in [5, 5.41) is 7.52. The third kappa shape index (κ3) is 18.1. The molecule has 2 aromatic rings. The van der Waals surface area contributed by atoms with Crippen LogP contribution in [0.5, 0.6) is 0 Å². The van der Waals surface area contributed by atoms with Crippen molar-refractivity contribution in [2.75, 3.05) is 0 Å². The molecule has 176 valence electrons. The molecule has 0 bridgehead atoms. The van der Waals surface area contributed by atoms with Crippen molar-refractivity contribution < 1.29 is 0 Å². The molecular formula is C28H47NS2. The minimum Gasteiger partial charge on any atom is -0.305 e. The van der Waals surface area contributed by atoms with Crippen molar-refractivity contribution in [2.24, 2.45) is 0 Å². The van der Waals surface area contributed by atoms with Crippen molar-refractivity contribution in [1.82, 2.24) is 0 Å². The number of thiol groups is 1. The van der Waals surface area contributed by atoms with E-state index in [2.05, 4.69) is 81.9 Å². The first kappa shape index (κ1) is 32.0. The molecule has 0 radical (unpaired) electrons. The van der Waals surface area contributed by atoms with Gasteiger partial charge in [-0.3, -0.25) is 0 Å². The fourth-order valence-electron chi connectivity index (χ4n) is 2.67. The van der Waals surface area contributed by atoms with Crippen LogP contribution in [0.1, 0.15) is 97.3 Å². The second kappa shape index (κ2) is 22.0. The summed E-state index contributed by atoms with van der Waals surface area (Å²) >= 11 is 6.07. The predicted molar refractivity (Wildman–Crippen MR) is 150 cm³/mol. The van der Waals surface area contributed by atoms with Crippen molar-refractivity contribution in [3.63, 3.8) is 0 Å². The zero-order chi connectivity index (χ0) is 24.1. The number of rotatable bonds is 9. The van der Waals surface area contributed by atoms with E-state index in [9.17, 15) is 0 Å². The third-order valence-electron chi connectivity index (χ3n) is 4.28. The minimum absolute atomic E-state index is 0.373. The van der Waals surface area contributed by atoms with E-state index in [0.717, 1.165) is 5.56 Å². The van der Waals surface area contributed by atoms with Crippen LogP contribution in [0, 0.1) is 12.3 Å². The monoisotopic (exact) mass is 461 g/mol. The van der Waals surface area contributed by atoms with Crippen molar-refractivity contribution >= 4 is 30.1 Å². The Morgan fingerprint density at radius 1 is 0.871 bits per heavy atom. The van der Waals surface area contributed by atoms with Crippen LogP contribution in [0.25, 0.3) is 0 Å². The van der Waals surface area contributed by atoms with Gasteiger partial charge in [-0.15, -0.1) is 11.8 Å². The Labute approximate surface area is 203 Å². The largest absolute Gasteiger partial charge is 0.305 e. The van der Waals surface area contributed by atoms with E-state index in [1.54, 1.807) is 11.8 Å². The van der Waals surface area contributed by atoms with E-state index in [1.807, 2.05) is 34.6 Å². The van der Waals surface area contributed by atoms with E-state index in [0.29, 0.717) is 10.3 Å². The van der Waals surface area contributed by atoms with Crippen molar-refractivity contribution in [3.8, 4) is 0 Å². The quantitative estimate of drug-likeness (QED) is 0.125. The van der Waals surface area contributed by atoms with E-state index in [-0.39, 0.29) is 0 Å². The lowest BCUT2D eigenvalue weighted by Gasteiger charge is -2.03. The lowest BCUT2D eigenvalue weighted by Crippen LogP contribution is -1.92. The summed E-state index contributed by atoms with van der Waals surface area (Å²) in [6, 6.07) is 16.9. The summed E-state index contributed by atoms with van der Waals surface area (Å²) in [6.45, 7) is 16.3. The summed E-state index contributed by atoms with van der Waals surface area (Å²) in [4.78, 5) is 1.29. The molecule has 0 aromatic heterocycles. The summed E-state index contributed by atoms with van der Waals surface area (Å²) in [7, 11) is 0. The Morgan fingerprint density at radius 2 is 1.39 bits per heavy atom. The molecule has 0 heterocycles. The highest BCUT2D eigenvalue weighted by atomic mass is 32.2. The molecule has 0 saturated heterocycles. The maximum atomic E-state index is 7.52. The van der Waals surface area contributed by atoms with Gasteiger partial charge in [-0.2, -0.15) is 12.6 Å². The topological polar surface area (TPSA) is 23.9 Å². The average molecular weight is 462 g/mol. The first-order chi connectivity index (χ1) is 14.9. The lowest BCUT2D eigenvalue weighted by molar-refractivity contribution is 0.632. The molecule has 1 nitrogen and oxygen atoms in total. The Bertz CT molecular complexity index is 646. The molecule has 0 saturated carbocycles. The van der Waals surface area contributed by atoms with E-state index < -0.39 is 0 Å². The van der Waals surface area contributed by atoms with Gasteiger partial charge < -0.3 is 5.41 Å². The summed E-state index contributed by atoms with van der Waals surface area (Å²) in [5.41, 5.74) is 4.40. The van der Waals surface area contributed by atoms with Crippen LogP contribution < -0.4 is 0 Å². The normalized spacial score (nSPS) is 10.4. The van der Waals surface area contributed by atoms with Gasteiger partial charge in [-0.1, -0.05) is 102 Å². The summed E-state index contributed by atoms with van der Waals surface area (Å²) in [5.74, 6) is 0. The maximum Gasteiger partial charge on any atom is 0.0491 e. The molecule has 0 aliphatic carbocycles. The van der Waals surface area contributed by atoms with Crippen molar-refractivity contribution in [1.29, 1.82) is 5.41 Å². The zero-order valence-electron chi connectivity index (χ0n) is 21.3. The smallest absolute Gasteiger partial charge is 0.0491 e. The highest BCUT2D eigenvalue weighted by Crippen LogP contribution is 2.24. The average Bonchev–Trinajstić information content (AvgIpc) is 2.78. The molecule has 3 heteroatoms. The van der Waals surface area contributed by atoms with Crippen LogP contribution >= 0.6 is 24.4 Å². The van der Waals surface area contributed by atoms with E-state index in [4.69, 9.17) is 5.41 Å². The third-order valence-corrected chi connectivity index (χ3v) is 5.49. The number of unbranched alkanes of at least 4 members (excludes halogenated alkanes) is 4. The number of benzene rings is 2. The fourth-order valence-corrected chi connectivity index (χ4v) is 3.72. The van der Waals surface area contributed by atoms with Gasteiger partial charge in [-0.05, 0) is 56.9 Å². The van der Waals surface area contributed by atoms with Gasteiger partial charge in [0.1, 0.15) is 0 Å². The maximum absolute atomic E-state index is 7.52. The minimum atomic E-state index is 0.373. The van der Waals surface area contributed by atoms with Crippen LogP contribution in [0.15, 0.2) is 53.4 Å². The van der Waals surface area contributed by atoms with Gasteiger partial charge in [0.05, 0.1) is 0 Å². The molecule has 2 rings (SSSR count). The number of nitrogens with one attached hydrogen (secondary N) is 1. The number of hydrogen-bond donors (Lipinski definition) is 2. The standard InChI is InChI=1S/C15H23N.C9H12S2.2C2H6/c1-3-4-5-6-7-8-14-9-11-15(12-10-14)13(2)16;1-7-3-5-9(6-4-7)11-8(2)10;2*1-2/h9-12,16H,3-8H2,1-2H3;3-6,8,10H,1-2H3;2*1-2H3. The number of hydrogen-bond acceptors (Lipinski definition) is 3. The molecule has 0 aliphatic heterocycles. The molecular weight excluding hydrogens is 414 g/mol. The molecule has 0 aliphatic rings. The molecule has 0 fully saturated rings. The molecule has 0 amide bonds. The predicted octanol–water partition coefficient (Wildman–Crippen LogP) is 10.0. The van der Waals surface area contributed by atoms with Crippen LogP contribution in [0.3, 0.4) is 0 Å². The van der Waals surface area contributed by atoms with Gasteiger partial charge in [0.25, 0.3) is 0 Å². The molecule has 1 unspecified atom stereocenters. The van der Waals surface area contributed by atoms with Crippen LogP contribution in [-0.4, -0.2) is 10.3 Å². The van der Waals surface area contributed by atoms with Gasteiger partial charge >= 0.3 is 0 Å². The fraction of sp³-hybridized carbons (Fsp3) is 0.536. The summed E-state index contributed by atoms with van der Waals surface area (Å²) < 4.78 is 0.373. The Kier molecular flexibility index (Phi) is 22.7. The highest BCUT2D eigenvalue weighted by molar-refractivity contribution is 8.10. The van der Waals surface area contributed by atoms with Gasteiger partial charge in [-0.25, -0.2) is 0 Å². The molecule has 31 heavy (non-hydrogen) atoms. The number of aryl methyl sites for hydroxylation is 2. The van der Waals surface area contributed by atoms with Gasteiger partial charge in [0, 0.05) is 15.2 Å². The van der Waals surface area contributed by atoms with Crippen LogP contribution in [0.4, 0.5) is 0 Å². The van der Waals surface area contributed by atoms with Crippen molar-refractivity contribution in [2.45, 2.75) is 103 Å². The lowest BCUT2D eigenvalue weighted by atomic mass is 10.0. The van der Waals surface area contributed by atoms with Crippen molar-refractivity contribution in [3.05, 3.63) is 65.2 Å². The first-order valence-electron chi connectivity index (χ1n) is 12.0. The zero-order valence-corrected chi connectivity index (χ0v) is 23.0. The van der Waals surface area contributed by atoms with Crippen LogP contribution in [0.2, 0.25) is 0 Å². The molecule has 2 aromatic carbocycles. The number of thioether (sulfide) groups is 1. The molecule has 0 spiro atoms. The second-order valence-electron chi connectivity index (χ2n) is 7.02.